The van der Waals surface area contributed by atoms with Gasteiger partial charge in [0.15, 0.2) is 0 Å². The number of ether oxygens (including phenoxy) is 1. The van der Waals surface area contributed by atoms with Crippen molar-refractivity contribution in [2.45, 2.75) is 11.8 Å². The molecule has 0 saturated carbocycles. The molecule has 7 heteroatoms. The highest BCUT2D eigenvalue weighted by molar-refractivity contribution is 9.10. The first-order valence-corrected chi connectivity index (χ1v) is 9.65. The molecule has 0 fully saturated rings. The van der Waals surface area contributed by atoms with Crippen molar-refractivity contribution in [2.24, 2.45) is 0 Å². The smallest absolute Gasteiger partial charge is 0.264 e. The Morgan fingerprint density at radius 2 is 2.00 bits per heavy atom. The molecule has 0 aliphatic rings. The third-order valence-electron chi connectivity index (χ3n) is 3.45. The lowest BCUT2D eigenvalue weighted by Crippen LogP contribution is -2.31. The molecule has 128 valence electrons. The molecular weight excluding hydrogens is 414 g/mol. The van der Waals surface area contributed by atoms with Gasteiger partial charge in [-0.15, -0.1) is 6.58 Å². The van der Waals surface area contributed by atoms with Crippen molar-refractivity contribution in [2.75, 3.05) is 18.0 Å². The Hall–Kier alpha value is -1.50. The molecular formula is C17H17BrClNO3S. The van der Waals surface area contributed by atoms with Crippen LogP contribution in [0, 0.1) is 6.92 Å². The molecule has 0 aliphatic carbocycles. The normalized spacial score (nSPS) is 11.2. The van der Waals surface area contributed by atoms with Crippen LogP contribution in [0.3, 0.4) is 0 Å². The summed E-state index contributed by atoms with van der Waals surface area (Å²) < 4.78 is 33.2. The molecule has 0 spiro atoms. The zero-order valence-electron chi connectivity index (χ0n) is 13.3. The van der Waals surface area contributed by atoms with Gasteiger partial charge < -0.3 is 4.74 Å². The van der Waals surface area contributed by atoms with Gasteiger partial charge in [-0.1, -0.05) is 23.7 Å². The Morgan fingerprint density at radius 1 is 1.29 bits per heavy atom. The maximum atomic E-state index is 13.1. The van der Waals surface area contributed by atoms with E-state index in [1.54, 1.807) is 24.3 Å². The second-order valence-corrected chi connectivity index (χ2v) is 8.21. The fraction of sp³-hybridized carbons (Fsp3) is 0.176. The van der Waals surface area contributed by atoms with Crippen LogP contribution in [0.2, 0.25) is 5.02 Å². The van der Waals surface area contributed by atoms with Gasteiger partial charge in [-0.05, 0) is 58.7 Å². The molecule has 0 radical (unpaired) electrons. The van der Waals surface area contributed by atoms with Crippen LogP contribution in [-0.2, 0) is 10.0 Å². The number of benzene rings is 2. The Labute approximate surface area is 155 Å². The van der Waals surface area contributed by atoms with E-state index >= 15 is 0 Å². The lowest BCUT2D eigenvalue weighted by molar-refractivity contribution is 0.411. The number of methoxy groups -OCH3 is 1. The predicted octanol–water partition coefficient (Wildman–Crippen LogP) is 4.80. The molecule has 0 saturated heterocycles. The molecule has 0 bridgehead atoms. The van der Waals surface area contributed by atoms with Gasteiger partial charge in [-0.2, -0.15) is 0 Å². The number of halogens is 2. The lowest BCUT2D eigenvalue weighted by atomic mass is 10.2. The van der Waals surface area contributed by atoms with Crippen LogP contribution in [0.4, 0.5) is 5.69 Å². The van der Waals surface area contributed by atoms with Crippen molar-refractivity contribution >= 4 is 43.2 Å². The molecule has 2 aromatic rings. The second kappa shape index (κ2) is 7.59. The van der Waals surface area contributed by atoms with Gasteiger partial charge in [-0.25, -0.2) is 8.42 Å². The van der Waals surface area contributed by atoms with Gasteiger partial charge in [0.25, 0.3) is 10.0 Å². The molecule has 2 aromatic carbocycles. The maximum Gasteiger partial charge on any atom is 0.264 e. The van der Waals surface area contributed by atoms with Gasteiger partial charge in [-0.3, -0.25) is 4.31 Å². The molecule has 0 amide bonds. The van der Waals surface area contributed by atoms with Crippen molar-refractivity contribution in [3.05, 3.63) is 64.1 Å². The van der Waals surface area contributed by atoms with Gasteiger partial charge in [0.05, 0.1) is 28.7 Å². The number of aryl methyl sites for hydroxylation is 1. The predicted molar refractivity (Wildman–Crippen MR) is 102 cm³/mol. The van der Waals surface area contributed by atoms with Gasteiger partial charge in [0.1, 0.15) is 5.75 Å². The fourth-order valence-corrected chi connectivity index (χ4v) is 4.61. The van der Waals surface area contributed by atoms with Gasteiger partial charge in [0.2, 0.25) is 0 Å². The standard InChI is InChI=1S/C17H17BrClNO3S/c1-4-9-20(16-10-13(19)6-5-12(16)2)24(21,22)14-7-8-17(23-3)15(18)11-14/h4-8,10-11H,1,9H2,2-3H3. The first kappa shape index (κ1) is 18.8. The Kier molecular flexibility index (Phi) is 5.96. The van der Waals surface area contributed by atoms with Crippen LogP contribution in [-0.4, -0.2) is 22.1 Å². The van der Waals surface area contributed by atoms with Crippen molar-refractivity contribution in [1.29, 1.82) is 0 Å². The molecule has 0 atom stereocenters. The summed E-state index contributed by atoms with van der Waals surface area (Å²) in [5.74, 6) is 0.558. The Bertz CT molecular complexity index is 868. The minimum atomic E-state index is -3.79. The third-order valence-corrected chi connectivity index (χ3v) is 6.08. The third kappa shape index (κ3) is 3.77. The largest absolute Gasteiger partial charge is 0.496 e. The molecule has 0 N–H and O–H groups in total. The maximum absolute atomic E-state index is 13.1. The van der Waals surface area contributed by atoms with E-state index in [4.69, 9.17) is 16.3 Å². The zero-order valence-corrected chi connectivity index (χ0v) is 16.5. The second-order valence-electron chi connectivity index (χ2n) is 5.05. The van der Waals surface area contributed by atoms with Crippen LogP contribution in [0.1, 0.15) is 5.56 Å². The highest BCUT2D eigenvalue weighted by atomic mass is 79.9. The number of hydrogen-bond donors (Lipinski definition) is 0. The van der Waals surface area contributed by atoms with Crippen LogP contribution < -0.4 is 9.04 Å². The average Bonchev–Trinajstić information content (AvgIpc) is 2.54. The van der Waals surface area contributed by atoms with E-state index in [-0.39, 0.29) is 11.4 Å². The minimum absolute atomic E-state index is 0.132. The monoisotopic (exact) mass is 429 g/mol. The van der Waals surface area contributed by atoms with Crippen molar-refractivity contribution in [3.63, 3.8) is 0 Å². The summed E-state index contributed by atoms with van der Waals surface area (Å²) in [5.41, 5.74) is 1.33. The summed E-state index contributed by atoms with van der Waals surface area (Å²) in [6, 6.07) is 9.78. The van der Waals surface area contributed by atoms with E-state index in [2.05, 4.69) is 22.5 Å². The van der Waals surface area contributed by atoms with Crippen LogP contribution in [0.5, 0.6) is 5.75 Å². The number of nitrogens with zero attached hydrogens (tertiary/aromatic N) is 1. The topological polar surface area (TPSA) is 46.6 Å². The van der Waals surface area contributed by atoms with Crippen molar-refractivity contribution in [3.8, 4) is 5.75 Å². The molecule has 24 heavy (non-hydrogen) atoms. The molecule has 0 heterocycles. The van der Waals surface area contributed by atoms with Crippen molar-refractivity contribution < 1.29 is 13.2 Å². The Balaban J connectivity index is 2.59. The summed E-state index contributed by atoms with van der Waals surface area (Å²) in [7, 11) is -2.26. The van der Waals surface area contributed by atoms with E-state index in [0.29, 0.717) is 20.9 Å². The van der Waals surface area contributed by atoms with E-state index in [9.17, 15) is 8.42 Å². The number of sulfonamides is 1. The van der Waals surface area contributed by atoms with Gasteiger partial charge >= 0.3 is 0 Å². The summed E-state index contributed by atoms with van der Waals surface area (Å²) in [6.07, 6.45) is 1.54. The minimum Gasteiger partial charge on any atom is -0.496 e. The quantitative estimate of drug-likeness (QED) is 0.618. The first-order chi connectivity index (χ1) is 11.3. The SMILES string of the molecule is C=CCN(c1cc(Cl)ccc1C)S(=O)(=O)c1ccc(OC)c(Br)c1. The summed E-state index contributed by atoms with van der Waals surface area (Å²) >= 11 is 9.37. The summed E-state index contributed by atoms with van der Waals surface area (Å²) in [6.45, 7) is 5.63. The lowest BCUT2D eigenvalue weighted by Gasteiger charge is -2.25. The van der Waals surface area contributed by atoms with E-state index in [0.717, 1.165) is 5.56 Å². The van der Waals surface area contributed by atoms with Crippen LogP contribution in [0.15, 0.2) is 58.4 Å². The number of rotatable bonds is 6. The summed E-state index contributed by atoms with van der Waals surface area (Å²) in [4.78, 5) is 0.149. The molecule has 2 rings (SSSR count). The van der Waals surface area contributed by atoms with E-state index in [1.807, 2.05) is 6.92 Å². The Morgan fingerprint density at radius 3 is 2.58 bits per heavy atom. The van der Waals surface area contributed by atoms with Crippen molar-refractivity contribution in [1.82, 2.24) is 0 Å². The molecule has 0 aromatic heterocycles. The zero-order chi connectivity index (χ0) is 17.9. The number of anilines is 1. The average molecular weight is 431 g/mol. The fourth-order valence-electron chi connectivity index (χ4n) is 2.23. The van der Waals surface area contributed by atoms with E-state index < -0.39 is 10.0 Å². The number of hydrogen-bond acceptors (Lipinski definition) is 3. The molecule has 0 unspecified atom stereocenters. The van der Waals surface area contributed by atoms with Gasteiger partial charge in [0, 0.05) is 5.02 Å². The molecule has 4 nitrogen and oxygen atoms in total. The van der Waals surface area contributed by atoms with E-state index in [1.165, 1.54) is 29.6 Å². The first-order valence-electron chi connectivity index (χ1n) is 7.04. The van der Waals surface area contributed by atoms with Crippen LogP contribution >= 0.6 is 27.5 Å². The van der Waals surface area contributed by atoms with Crippen LogP contribution in [0.25, 0.3) is 0 Å². The highest BCUT2D eigenvalue weighted by Crippen LogP contribution is 2.32. The summed E-state index contributed by atoms with van der Waals surface area (Å²) in [5, 5.41) is 0.468. The molecule has 0 aliphatic heterocycles. The highest BCUT2D eigenvalue weighted by Gasteiger charge is 2.26.